The number of carboxylic acids is 1. The second-order valence-corrected chi connectivity index (χ2v) is 7.22. The van der Waals surface area contributed by atoms with Gasteiger partial charge in [-0.25, -0.2) is 0 Å². The fraction of sp³-hybridized carbons (Fsp3) is 0.385. The smallest absolute Gasteiger partial charge is 0.306 e. The molecule has 0 heterocycles. The number of carboxylic acid groups (broad SMARTS) is 1. The van der Waals surface area contributed by atoms with Gasteiger partial charge in [0.2, 0.25) is 0 Å². The fourth-order valence-corrected chi connectivity index (χ4v) is 2.24. The largest absolute Gasteiger partial charge is 0.481 e. The highest BCUT2D eigenvalue weighted by Crippen LogP contribution is 2.08. The molecule has 0 saturated carbocycles. The Hall–Kier alpha value is -2.88. The van der Waals surface area contributed by atoms with Crippen molar-refractivity contribution in [1.29, 1.82) is 0 Å². The number of hydrogen-bond acceptors (Lipinski definition) is 3. The van der Waals surface area contributed by atoms with Gasteiger partial charge in [0.25, 0.3) is 0 Å². The van der Waals surface area contributed by atoms with Gasteiger partial charge < -0.3 is 9.84 Å². The van der Waals surface area contributed by atoms with Gasteiger partial charge in [-0.3, -0.25) is 9.59 Å². The number of esters is 1. The molecule has 0 saturated heterocycles. The molecule has 0 aromatic rings. The van der Waals surface area contributed by atoms with E-state index in [0.29, 0.717) is 0 Å². The molecular weight excluding hydrogens is 376 g/mol. The highest BCUT2D eigenvalue weighted by atomic mass is 16.5. The summed E-state index contributed by atoms with van der Waals surface area (Å²) >= 11 is 0. The Morgan fingerprint density at radius 2 is 1.40 bits per heavy atom. The van der Waals surface area contributed by atoms with Crippen LogP contribution in [0.1, 0.15) is 60.3 Å². The maximum absolute atomic E-state index is 11.4. The quantitative estimate of drug-likeness (QED) is 0.209. The van der Waals surface area contributed by atoms with E-state index in [4.69, 9.17) is 9.84 Å². The molecule has 4 heteroatoms. The summed E-state index contributed by atoms with van der Waals surface area (Å²) in [6.45, 7) is 10.3. The number of rotatable bonds is 13. The molecule has 0 bridgehead atoms. The summed E-state index contributed by atoms with van der Waals surface area (Å²) in [5.41, 5.74) is 4.61. The maximum atomic E-state index is 11.4. The van der Waals surface area contributed by atoms with Crippen molar-refractivity contribution in [2.75, 3.05) is 6.61 Å². The minimum atomic E-state index is -0.995. The van der Waals surface area contributed by atoms with Gasteiger partial charge >= 0.3 is 11.9 Å². The summed E-state index contributed by atoms with van der Waals surface area (Å²) in [6, 6.07) is 0. The van der Waals surface area contributed by atoms with E-state index in [2.05, 4.69) is 57.2 Å². The van der Waals surface area contributed by atoms with Crippen LogP contribution in [0.4, 0.5) is 0 Å². The summed E-state index contributed by atoms with van der Waals surface area (Å²) in [6.07, 6.45) is 22.1. The first-order valence-electron chi connectivity index (χ1n) is 10.3. The highest BCUT2D eigenvalue weighted by molar-refractivity contribution is 5.76. The number of allylic oxidation sites excluding steroid dienone is 13. The van der Waals surface area contributed by atoms with E-state index in [1.807, 2.05) is 38.2 Å². The molecule has 0 amide bonds. The molecule has 0 aliphatic rings. The molecule has 0 aliphatic carbocycles. The average molecular weight is 413 g/mol. The Labute approximate surface area is 181 Å². The minimum absolute atomic E-state index is 0.0903. The van der Waals surface area contributed by atoms with Gasteiger partial charge in [0.05, 0.1) is 12.8 Å². The molecule has 30 heavy (non-hydrogen) atoms. The van der Waals surface area contributed by atoms with E-state index < -0.39 is 11.9 Å². The van der Waals surface area contributed by atoms with Crippen molar-refractivity contribution in [3.63, 3.8) is 0 Å². The van der Waals surface area contributed by atoms with Crippen molar-refractivity contribution < 1.29 is 19.4 Å². The standard InChI is InChI=1S/C26H36O4/c1-6-7-11-21(2)12-8-13-22(3)14-9-15-23(4)16-10-17-24(5)20-30-26(29)19-18-25(27)28/h6-9,11-15,17H,10,16,18-20H2,1-5H3,(H,27,28)/b7-6+,12-8+,14-9+,21-11+,22-13+,23-15+,24-17+. The summed E-state index contributed by atoms with van der Waals surface area (Å²) in [4.78, 5) is 21.8. The lowest BCUT2D eigenvalue weighted by molar-refractivity contribution is -0.147. The predicted molar refractivity (Wildman–Crippen MR) is 125 cm³/mol. The van der Waals surface area contributed by atoms with Crippen molar-refractivity contribution in [2.45, 2.75) is 60.3 Å². The molecule has 0 unspecified atom stereocenters. The molecule has 0 spiro atoms. The first-order valence-corrected chi connectivity index (χ1v) is 10.3. The Kier molecular flexibility index (Phi) is 15.4. The Morgan fingerprint density at radius 3 is 2.00 bits per heavy atom. The molecule has 0 rings (SSSR count). The normalized spacial score (nSPS) is 14.3. The lowest BCUT2D eigenvalue weighted by Gasteiger charge is -2.04. The molecule has 1 N–H and O–H groups in total. The third-order valence-corrected chi connectivity index (χ3v) is 4.04. The van der Waals surface area contributed by atoms with Crippen molar-refractivity contribution in [2.24, 2.45) is 0 Å². The molecule has 0 fully saturated rings. The zero-order valence-corrected chi connectivity index (χ0v) is 19.0. The molecule has 0 atom stereocenters. The fourth-order valence-electron chi connectivity index (χ4n) is 2.24. The molecule has 0 radical (unpaired) electrons. The first-order chi connectivity index (χ1) is 14.2. The summed E-state index contributed by atoms with van der Waals surface area (Å²) in [5.74, 6) is -1.47. The van der Waals surface area contributed by atoms with Gasteiger partial charge in [0.1, 0.15) is 6.61 Å². The lowest BCUT2D eigenvalue weighted by atomic mass is 10.1. The van der Waals surface area contributed by atoms with E-state index in [1.165, 1.54) is 16.7 Å². The zero-order chi connectivity index (χ0) is 22.8. The number of hydrogen-bond donors (Lipinski definition) is 1. The van der Waals surface area contributed by atoms with Crippen LogP contribution in [0.15, 0.2) is 83.1 Å². The van der Waals surface area contributed by atoms with Gasteiger partial charge in [-0.05, 0) is 53.0 Å². The van der Waals surface area contributed by atoms with Crippen LogP contribution in [0.2, 0.25) is 0 Å². The lowest BCUT2D eigenvalue weighted by Crippen LogP contribution is -2.08. The van der Waals surface area contributed by atoms with Gasteiger partial charge in [0, 0.05) is 0 Å². The molecule has 164 valence electrons. The van der Waals surface area contributed by atoms with Crippen molar-refractivity contribution in [3.8, 4) is 0 Å². The van der Waals surface area contributed by atoms with Crippen LogP contribution in [0.3, 0.4) is 0 Å². The number of aliphatic carboxylic acids is 1. The van der Waals surface area contributed by atoms with E-state index in [-0.39, 0.29) is 19.4 Å². The van der Waals surface area contributed by atoms with Crippen molar-refractivity contribution in [1.82, 2.24) is 0 Å². The Balaban J connectivity index is 4.34. The Morgan fingerprint density at radius 1 is 0.800 bits per heavy atom. The predicted octanol–water partition coefficient (Wildman–Crippen LogP) is 6.65. The second-order valence-electron chi connectivity index (χ2n) is 7.22. The Bertz CT molecular complexity index is 756. The van der Waals surface area contributed by atoms with Crippen LogP contribution in [0.25, 0.3) is 0 Å². The summed E-state index contributed by atoms with van der Waals surface area (Å²) < 4.78 is 5.05. The summed E-state index contributed by atoms with van der Waals surface area (Å²) in [7, 11) is 0. The van der Waals surface area contributed by atoms with E-state index in [1.54, 1.807) is 0 Å². The van der Waals surface area contributed by atoms with E-state index in [9.17, 15) is 9.59 Å². The molecule has 0 aromatic carbocycles. The third kappa shape index (κ3) is 17.2. The minimum Gasteiger partial charge on any atom is -0.481 e. The van der Waals surface area contributed by atoms with Gasteiger partial charge in [-0.15, -0.1) is 0 Å². The van der Waals surface area contributed by atoms with E-state index >= 15 is 0 Å². The SMILES string of the molecule is C/C=C/C=C(C)/C=C/C=C(C)/C=C/C=C(\C)CC/C=C(\C)COC(=O)CCC(=O)O. The number of ether oxygens (including phenoxy) is 1. The highest BCUT2D eigenvalue weighted by Gasteiger charge is 2.06. The topological polar surface area (TPSA) is 63.6 Å². The van der Waals surface area contributed by atoms with E-state index in [0.717, 1.165) is 18.4 Å². The number of carbonyl (C=O) groups excluding carboxylic acids is 1. The van der Waals surface area contributed by atoms with Crippen molar-refractivity contribution in [3.05, 3.63) is 83.1 Å². The van der Waals surface area contributed by atoms with Gasteiger partial charge in [-0.1, -0.05) is 77.5 Å². The van der Waals surface area contributed by atoms with Crippen LogP contribution in [0.5, 0.6) is 0 Å². The third-order valence-electron chi connectivity index (χ3n) is 4.04. The van der Waals surface area contributed by atoms with Crippen LogP contribution in [-0.4, -0.2) is 23.7 Å². The monoisotopic (exact) mass is 412 g/mol. The van der Waals surface area contributed by atoms with Crippen molar-refractivity contribution >= 4 is 11.9 Å². The van der Waals surface area contributed by atoms with Crippen LogP contribution >= 0.6 is 0 Å². The first kappa shape index (κ1) is 27.1. The number of carbonyl (C=O) groups is 2. The van der Waals surface area contributed by atoms with Crippen LogP contribution < -0.4 is 0 Å². The van der Waals surface area contributed by atoms with Crippen LogP contribution in [-0.2, 0) is 14.3 Å². The summed E-state index contributed by atoms with van der Waals surface area (Å²) in [5, 5.41) is 8.54. The van der Waals surface area contributed by atoms with Gasteiger partial charge in [-0.2, -0.15) is 0 Å². The zero-order valence-electron chi connectivity index (χ0n) is 19.0. The molecule has 0 aromatic heterocycles. The maximum Gasteiger partial charge on any atom is 0.306 e. The molecule has 4 nitrogen and oxygen atoms in total. The second kappa shape index (κ2) is 17.0. The average Bonchev–Trinajstić information content (AvgIpc) is 2.69. The van der Waals surface area contributed by atoms with Crippen LogP contribution in [0, 0.1) is 0 Å². The molecular formula is C26H36O4. The van der Waals surface area contributed by atoms with Gasteiger partial charge in [0.15, 0.2) is 0 Å². The molecule has 0 aliphatic heterocycles.